The number of rotatable bonds is 5. The lowest BCUT2D eigenvalue weighted by Crippen LogP contribution is -2.22. The number of anilines is 2. The number of nitrogens with two attached hydrogens (primary N) is 1. The summed E-state index contributed by atoms with van der Waals surface area (Å²) in [5.74, 6) is -0.0844. The molecule has 25 heavy (non-hydrogen) atoms. The predicted molar refractivity (Wildman–Crippen MR) is 107 cm³/mol. The third-order valence-corrected chi connectivity index (χ3v) is 5.56. The van der Waals surface area contributed by atoms with Gasteiger partial charge >= 0.3 is 0 Å². The third-order valence-electron chi connectivity index (χ3n) is 3.44. The molecule has 1 heterocycles. The first-order valence-electron chi connectivity index (χ1n) is 7.56. The van der Waals surface area contributed by atoms with Gasteiger partial charge in [-0.3, -0.25) is 4.79 Å². The van der Waals surface area contributed by atoms with E-state index < -0.39 is 0 Å². The Kier molecular flexibility index (Phi) is 5.63. The molecule has 1 amide bonds. The highest BCUT2D eigenvalue weighted by atomic mass is 35.5. The van der Waals surface area contributed by atoms with E-state index in [1.807, 2.05) is 60.8 Å². The van der Waals surface area contributed by atoms with E-state index in [0.29, 0.717) is 15.8 Å². The number of benzene rings is 2. The van der Waals surface area contributed by atoms with Gasteiger partial charge in [0.05, 0.1) is 10.9 Å². The molecule has 0 aliphatic heterocycles. The number of nitrogens with one attached hydrogen (secondary N) is 1. The van der Waals surface area contributed by atoms with E-state index in [2.05, 4.69) is 10.3 Å². The summed E-state index contributed by atoms with van der Waals surface area (Å²) in [6.45, 7) is 1.87. The quantitative estimate of drug-likeness (QED) is 0.467. The van der Waals surface area contributed by atoms with E-state index in [-0.39, 0.29) is 11.2 Å². The summed E-state index contributed by atoms with van der Waals surface area (Å²) in [6.07, 6.45) is 0. The van der Waals surface area contributed by atoms with E-state index in [4.69, 9.17) is 17.3 Å². The average Bonchev–Trinajstić information content (AvgIpc) is 3.06. The van der Waals surface area contributed by atoms with Crippen LogP contribution in [0.25, 0.3) is 11.3 Å². The van der Waals surface area contributed by atoms with Crippen LogP contribution in [0.1, 0.15) is 6.92 Å². The van der Waals surface area contributed by atoms with Crippen molar-refractivity contribution in [1.82, 2.24) is 4.98 Å². The number of thiazole rings is 1. The number of carbonyl (C=O) groups excluding carboxylic acids is 1. The molecule has 0 fully saturated rings. The Labute approximate surface area is 159 Å². The van der Waals surface area contributed by atoms with Crippen molar-refractivity contribution in [2.45, 2.75) is 17.1 Å². The Morgan fingerprint density at radius 3 is 2.56 bits per heavy atom. The first kappa shape index (κ1) is 17.8. The minimum Gasteiger partial charge on any atom is -0.399 e. The molecule has 0 bridgehead atoms. The molecule has 0 radical (unpaired) electrons. The van der Waals surface area contributed by atoms with E-state index in [0.717, 1.165) is 16.2 Å². The van der Waals surface area contributed by atoms with Gasteiger partial charge in [-0.15, -0.1) is 23.1 Å². The molecular formula is C18H16ClN3OS2. The number of nitrogen functional groups attached to an aromatic ring is 1. The summed E-state index contributed by atoms with van der Waals surface area (Å²) in [6, 6.07) is 14.9. The monoisotopic (exact) mass is 389 g/mol. The van der Waals surface area contributed by atoms with Gasteiger partial charge in [-0.25, -0.2) is 4.98 Å². The van der Waals surface area contributed by atoms with E-state index >= 15 is 0 Å². The smallest absolute Gasteiger partial charge is 0.239 e. The van der Waals surface area contributed by atoms with Crippen molar-refractivity contribution in [3.8, 4) is 11.3 Å². The lowest BCUT2D eigenvalue weighted by molar-refractivity contribution is -0.115. The van der Waals surface area contributed by atoms with Crippen molar-refractivity contribution < 1.29 is 4.79 Å². The van der Waals surface area contributed by atoms with Gasteiger partial charge in [0.1, 0.15) is 0 Å². The maximum Gasteiger partial charge on any atom is 0.239 e. The summed E-state index contributed by atoms with van der Waals surface area (Å²) in [5, 5.41) is 5.81. The largest absolute Gasteiger partial charge is 0.399 e. The molecule has 128 valence electrons. The van der Waals surface area contributed by atoms with Crippen molar-refractivity contribution >= 4 is 51.4 Å². The second kappa shape index (κ2) is 7.91. The van der Waals surface area contributed by atoms with Crippen LogP contribution in [0, 0.1) is 0 Å². The topological polar surface area (TPSA) is 68.0 Å². The molecule has 0 saturated carbocycles. The van der Waals surface area contributed by atoms with Gasteiger partial charge < -0.3 is 11.1 Å². The highest BCUT2D eigenvalue weighted by Crippen LogP contribution is 2.28. The van der Waals surface area contributed by atoms with E-state index in [9.17, 15) is 4.79 Å². The fraction of sp³-hybridized carbons (Fsp3) is 0.111. The molecule has 3 aromatic rings. The molecule has 1 unspecified atom stereocenters. The predicted octanol–water partition coefficient (Wildman–Crippen LogP) is 5.17. The minimum absolute atomic E-state index is 0.0844. The summed E-state index contributed by atoms with van der Waals surface area (Å²) < 4.78 is 0. The number of hydrogen-bond acceptors (Lipinski definition) is 5. The Morgan fingerprint density at radius 1 is 1.20 bits per heavy atom. The molecule has 0 aliphatic carbocycles. The molecular weight excluding hydrogens is 374 g/mol. The van der Waals surface area contributed by atoms with Crippen LogP contribution < -0.4 is 11.1 Å². The van der Waals surface area contributed by atoms with Gasteiger partial charge in [0.25, 0.3) is 0 Å². The molecule has 0 saturated heterocycles. The number of nitrogens with zero attached hydrogens (tertiary/aromatic N) is 1. The van der Waals surface area contributed by atoms with Gasteiger partial charge in [0.2, 0.25) is 5.91 Å². The van der Waals surface area contributed by atoms with Gasteiger partial charge in [-0.1, -0.05) is 23.7 Å². The Hall–Kier alpha value is -2.02. The minimum atomic E-state index is -0.244. The zero-order valence-corrected chi connectivity index (χ0v) is 15.8. The maximum absolute atomic E-state index is 12.4. The average molecular weight is 390 g/mol. The molecule has 0 aliphatic rings. The SMILES string of the molecule is CC(Sc1ccc(N)cc1)C(=O)Nc1nc(-c2ccc(Cl)cc2)cs1. The summed E-state index contributed by atoms with van der Waals surface area (Å²) in [4.78, 5) is 17.8. The molecule has 2 aromatic carbocycles. The maximum atomic E-state index is 12.4. The van der Waals surface area contributed by atoms with Gasteiger partial charge in [0.15, 0.2) is 5.13 Å². The highest BCUT2D eigenvalue weighted by Gasteiger charge is 2.16. The number of halogens is 1. The van der Waals surface area contributed by atoms with Crippen LogP contribution in [-0.2, 0) is 4.79 Å². The number of thioether (sulfide) groups is 1. The lowest BCUT2D eigenvalue weighted by Gasteiger charge is -2.10. The first-order valence-corrected chi connectivity index (χ1v) is 9.69. The summed E-state index contributed by atoms with van der Waals surface area (Å²) in [7, 11) is 0. The normalized spacial score (nSPS) is 11.9. The van der Waals surface area contributed by atoms with Crippen LogP contribution in [-0.4, -0.2) is 16.1 Å². The molecule has 3 N–H and O–H groups in total. The second-order valence-electron chi connectivity index (χ2n) is 5.36. The Bertz CT molecular complexity index is 863. The van der Waals surface area contributed by atoms with E-state index in [1.165, 1.54) is 23.1 Å². The fourth-order valence-corrected chi connectivity index (χ4v) is 3.81. The Morgan fingerprint density at radius 2 is 1.88 bits per heavy atom. The zero-order valence-electron chi connectivity index (χ0n) is 13.4. The highest BCUT2D eigenvalue weighted by molar-refractivity contribution is 8.00. The lowest BCUT2D eigenvalue weighted by atomic mass is 10.2. The van der Waals surface area contributed by atoms with Crippen LogP contribution in [0.4, 0.5) is 10.8 Å². The number of amides is 1. The van der Waals surface area contributed by atoms with Gasteiger partial charge in [-0.2, -0.15) is 0 Å². The third kappa shape index (κ3) is 4.75. The summed E-state index contributed by atoms with van der Waals surface area (Å²) >= 11 is 8.78. The second-order valence-corrected chi connectivity index (χ2v) is 8.07. The number of aromatic nitrogens is 1. The van der Waals surface area contributed by atoms with Crippen LogP contribution >= 0.6 is 34.7 Å². The van der Waals surface area contributed by atoms with Crippen molar-refractivity contribution in [2.75, 3.05) is 11.1 Å². The fourth-order valence-electron chi connectivity index (χ4n) is 2.10. The van der Waals surface area contributed by atoms with Crippen LogP contribution in [0.15, 0.2) is 58.8 Å². The zero-order chi connectivity index (χ0) is 17.8. The number of carbonyl (C=O) groups is 1. The van der Waals surface area contributed by atoms with E-state index in [1.54, 1.807) is 0 Å². The molecule has 7 heteroatoms. The van der Waals surface area contributed by atoms with Crippen molar-refractivity contribution in [2.24, 2.45) is 0 Å². The molecule has 3 rings (SSSR count). The molecule has 0 spiro atoms. The van der Waals surface area contributed by atoms with Crippen molar-refractivity contribution in [3.05, 3.63) is 58.9 Å². The Balaban J connectivity index is 1.62. The van der Waals surface area contributed by atoms with Crippen LogP contribution in [0.5, 0.6) is 0 Å². The van der Waals surface area contributed by atoms with Crippen LogP contribution in [0.2, 0.25) is 5.02 Å². The first-order chi connectivity index (χ1) is 12.0. The standard InChI is InChI=1S/C18H16ClN3OS2/c1-11(25-15-8-6-14(20)7-9-15)17(23)22-18-21-16(10-24-18)12-2-4-13(19)5-3-12/h2-11H,20H2,1H3,(H,21,22,23). The van der Waals surface area contributed by atoms with Gasteiger partial charge in [0, 0.05) is 26.5 Å². The molecule has 4 nitrogen and oxygen atoms in total. The summed E-state index contributed by atoms with van der Waals surface area (Å²) in [5.41, 5.74) is 8.16. The molecule has 1 aromatic heterocycles. The number of hydrogen-bond donors (Lipinski definition) is 2. The van der Waals surface area contributed by atoms with Gasteiger partial charge in [-0.05, 0) is 43.3 Å². The molecule has 1 atom stereocenters. The van der Waals surface area contributed by atoms with Crippen molar-refractivity contribution in [1.29, 1.82) is 0 Å². The van der Waals surface area contributed by atoms with Crippen molar-refractivity contribution in [3.63, 3.8) is 0 Å². The van der Waals surface area contributed by atoms with Crippen LogP contribution in [0.3, 0.4) is 0 Å².